The van der Waals surface area contributed by atoms with Gasteiger partial charge in [-0.15, -0.1) is 0 Å². The summed E-state index contributed by atoms with van der Waals surface area (Å²) in [6.45, 7) is -0.255. The van der Waals surface area contributed by atoms with Gasteiger partial charge in [0.15, 0.2) is 0 Å². The molecule has 2 heterocycles. The molecule has 16 heavy (non-hydrogen) atoms. The van der Waals surface area contributed by atoms with E-state index in [9.17, 15) is 4.79 Å². The number of nitrogens with zero attached hydrogens (tertiary/aromatic N) is 1. The number of aliphatic hydroxyl groups excluding tert-OH is 1. The van der Waals surface area contributed by atoms with Crippen molar-refractivity contribution in [3.05, 3.63) is 41.9 Å². The lowest BCUT2D eigenvalue weighted by atomic mass is 10.1. The fraction of sp³-hybridized carbons (Fsp3) is 0.0909. The van der Waals surface area contributed by atoms with Crippen molar-refractivity contribution in [1.29, 1.82) is 0 Å². The highest BCUT2D eigenvalue weighted by molar-refractivity contribution is 5.92. The SMILES string of the molecule is NC(=O)c1cc(-c2ccco2)cc(CO)n1. The molecule has 0 aliphatic heterocycles. The fourth-order valence-corrected chi connectivity index (χ4v) is 1.38. The minimum atomic E-state index is -0.636. The van der Waals surface area contributed by atoms with Gasteiger partial charge < -0.3 is 15.3 Å². The zero-order valence-corrected chi connectivity index (χ0v) is 8.38. The van der Waals surface area contributed by atoms with Gasteiger partial charge in [0.25, 0.3) is 5.91 Å². The van der Waals surface area contributed by atoms with Crippen molar-refractivity contribution in [1.82, 2.24) is 4.98 Å². The summed E-state index contributed by atoms with van der Waals surface area (Å²) >= 11 is 0. The number of aromatic nitrogens is 1. The van der Waals surface area contributed by atoms with Crippen molar-refractivity contribution in [2.24, 2.45) is 5.73 Å². The molecule has 0 unspecified atom stereocenters. The fourth-order valence-electron chi connectivity index (χ4n) is 1.38. The molecule has 0 atom stereocenters. The average Bonchev–Trinajstić information content (AvgIpc) is 2.81. The minimum absolute atomic E-state index is 0.109. The highest BCUT2D eigenvalue weighted by Crippen LogP contribution is 2.21. The van der Waals surface area contributed by atoms with E-state index in [2.05, 4.69) is 4.98 Å². The Morgan fingerprint density at radius 2 is 2.31 bits per heavy atom. The lowest BCUT2D eigenvalue weighted by Gasteiger charge is -2.03. The molecular formula is C11H10N2O3. The van der Waals surface area contributed by atoms with Crippen LogP contribution in [0.1, 0.15) is 16.2 Å². The van der Waals surface area contributed by atoms with Gasteiger partial charge >= 0.3 is 0 Å². The Morgan fingerprint density at radius 3 is 2.88 bits per heavy atom. The van der Waals surface area contributed by atoms with E-state index in [0.717, 1.165) is 0 Å². The maximum absolute atomic E-state index is 11.0. The van der Waals surface area contributed by atoms with Gasteiger partial charge in [0.05, 0.1) is 18.6 Å². The first-order valence-corrected chi connectivity index (χ1v) is 4.66. The quantitative estimate of drug-likeness (QED) is 0.802. The second kappa shape index (κ2) is 4.16. The van der Waals surface area contributed by atoms with Crippen molar-refractivity contribution in [3.8, 4) is 11.3 Å². The van der Waals surface area contributed by atoms with Crippen LogP contribution in [0.3, 0.4) is 0 Å². The summed E-state index contributed by atoms with van der Waals surface area (Å²) in [7, 11) is 0. The van der Waals surface area contributed by atoms with Crippen LogP contribution in [-0.4, -0.2) is 16.0 Å². The van der Waals surface area contributed by atoms with E-state index in [-0.39, 0.29) is 12.3 Å². The summed E-state index contributed by atoms with van der Waals surface area (Å²) in [6.07, 6.45) is 1.53. The number of rotatable bonds is 3. The molecule has 5 nitrogen and oxygen atoms in total. The molecule has 0 saturated heterocycles. The molecule has 2 aromatic heterocycles. The molecule has 0 aliphatic carbocycles. The van der Waals surface area contributed by atoms with Crippen LogP contribution in [-0.2, 0) is 6.61 Å². The van der Waals surface area contributed by atoms with Crippen LogP contribution < -0.4 is 5.73 Å². The number of nitrogens with two attached hydrogens (primary N) is 1. The largest absolute Gasteiger partial charge is 0.464 e. The van der Waals surface area contributed by atoms with Crippen LogP contribution in [0.5, 0.6) is 0 Å². The normalized spacial score (nSPS) is 10.3. The van der Waals surface area contributed by atoms with Gasteiger partial charge in [-0.25, -0.2) is 4.98 Å². The first-order chi connectivity index (χ1) is 7.70. The molecule has 0 aliphatic rings. The number of hydrogen-bond donors (Lipinski definition) is 2. The molecule has 0 aromatic carbocycles. The molecule has 1 amide bonds. The standard InChI is InChI=1S/C11H10N2O3/c12-11(15)9-5-7(4-8(6-14)13-9)10-2-1-3-16-10/h1-5,14H,6H2,(H2,12,15). The van der Waals surface area contributed by atoms with Crippen LogP contribution in [0.15, 0.2) is 34.9 Å². The zero-order chi connectivity index (χ0) is 11.5. The van der Waals surface area contributed by atoms with Crippen LogP contribution in [0.2, 0.25) is 0 Å². The van der Waals surface area contributed by atoms with Crippen molar-refractivity contribution < 1.29 is 14.3 Å². The summed E-state index contributed by atoms with van der Waals surface area (Å²) in [6, 6.07) is 6.66. The molecule has 0 bridgehead atoms. The van der Waals surface area contributed by atoms with E-state index in [1.165, 1.54) is 12.3 Å². The van der Waals surface area contributed by atoms with E-state index >= 15 is 0 Å². The highest BCUT2D eigenvalue weighted by atomic mass is 16.3. The molecule has 0 radical (unpaired) electrons. The van der Waals surface area contributed by atoms with Crippen molar-refractivity contribution >= 4 is 5.91 Å². The van der Waals surface area contributed by atoms with Gasteiger partial charge in [-0.1, -0.05) is 0 Å². The van der Waals surface area contributed by atoms with E-state index in [1.807, 2.05) is 0 Å². The third kappa shape index (κ3) is 1.94. The van der Waals surface area contributed by atoms with E-state index in [1.54, 1.807) is 18.2 Å². The number of carbonyl (C=O) groups excluding carboxylic acids is 1. The number of furan rings is 1. The summed E-state index contributed by atoms with van der Waals surface area (Å²) in [5, 5.41) is 9.02. The van der Waals surface area contributed by atoms with E-state index in [0.29, 0.717) is 17.0 Å². The Kier molecular flexibility index (Phi) is 2.70. The maximum Gasteiger partial charge on any atom is 0.267 e. The number of carbonyl (C=O) groups is 1. The minimum Gasteiger partial charge on any atom is -0.464 e. The molecule has 3 N–H and O–H groups in total. The van der Waals surface area contributed by atoms with Gasteiger partial charge in [0.2, 0.25) is 0 Å². The smallest absolute Gasteiger partial charge is 0.267 e. The zero-order valence-electron chi connectivity index (χ0n) is 8.38. The second-order valence-electron chi connectivity index (χ2n) is 3.23. The second-order valence-corrected chi connectivity index (χ2v) is 3.23. The molecule has 0 saturated carbocycles. The van der Waals surface area contributed by atoms with Gasteiger partial charge in [-0.2, -0.15) is 0 Å². The number of aliphatic hydroxyl groups is 1. The van der Waals surface area contributed by atoms with Crippen molar-refractivity contribution in [2.45, 2.75) is 6.61 Å². The van der Waals surface area contributed by atoms with Crippen LogP contribution in [0, 0.1) is 0 Å². The summed E-state index contributed by atoms with van der Waals surface area (Å²) in [4.78, 5) is 14.9. The lowest BCUT2D eigenvalue weighted by Crippen LogP contribution is -2.14. The van der Waals surface area contributed by atoms with Crippen molar-refractivity contribution in [3.63, 3.8) is 0 Å². The van der Waals surface area contributed by atoms with E-state index < -0.39 is 5.91 Å². The molecule has 2 aromatic rings. The van der Waals surface area contributed by atoms with Crippen molar-refractivity contribution in [2.75, 3.05) is 0 Å². The number of primary amides is 1. The highest BCUT2D eigenvalue weighted by Gasteiger charge is 2.09. The van der Waals surface area contributed by atoms with E-state index in [4.69, 9.17) is 15.3 Å². The van der Waals surface area contributed by atoms with Gasteiger partial charge in [-0.05, 0) is 24.3 Å². The first kappa shape index (κ1) is 10.4. The average molecular weight is 218 g/mol. The monoisotopic (exact) mass is 218 g/mol. The molecule has 5 heteroatoms. The number of pyridine rings is 1. The molecular weight excluding hydrogens is 208 g/mol. The lowest BCUT2D eigenvalue weighted by molar-refractivity contribution is 0.0995. The third-order valence-electron chi connectivity index (χ3n) is 2.10. The summed E-state index contributed by atoms with van der Waals surface area (Å²) in [5.41, 5.74) is 6.30. The van der Waals surface area contributed by atoms with Crippen LogP contribution in [0.4, 0.5) is 0 Å². The molecule has 82 valence electrons. The predicted molar refractivity (Wildman–Crippen MR) is 56.4 cm³/mol. The molecule has 2 rings (SSSR count). The van der Waals surface area contributed by atoms with Gasteiger partial charge in [0.1, 0.15) is 11.5 Å². The van der Waals surface area contributed by atoms with Crippen LogP contribution >= 0.6 is 0 Å². The maximum atomic E-state index is 11.0. The third-order valence-corrected chi connectivity index (χ3v) is 2.10. The molecule has 0 spiro atoms. The van der Waals surface area contributed by atoms with Gasteiger partial charge in [-0.3, -0.25) is 4.79 Å². The topological polar surface area (TPSA) is 89.4 Å². The Morgan fingerprint density at radius 1 is 1.50 bits per heavy atom. The van der Waals surface area contributed by atoms with Crippen LogP contribution in [0.25, 0.3) is 11.3 Å². The summed E-state index contributed by atoms with van der Waals surface area (Å²) < 4.78 is 5.19. The number of hydrogen-bond acceptors (Lipinski definition) is 4. The first-order valence-electron chi connectivity index (χ1n) is 4.66. The predicted octanol–water partition coefficient (Wildman–Crippen LogP) is 0.933. The Balaban J connectivity index is 2.53. The molecule has 0 fully saturated rings. The Labute approximate surface area is 91.5 Å². The van der Waals surface area contributed by atoms with Gasteiger partial charge in [0, 0.05) is 5.56 Å². The Bertz CT molecular complexity index is 506. The number of amides is 1. The summed E-state index contributed by atoms with van der Waals surface area (Å²) in [5.74, 6) is -0.0392. The Hall–Kier alpha value is -2.14.